The number of hydrogen-bond donors (Lipinski definition) is 0. The molecule has 7 nitrogen and oxygen atoms in total. The Morgan fingerprint density at radius 2 is 0.558 bits per heavy atom. The number of hydrogen-bond acceptors (Lipinski definition) is 2. The Bertz CT molecular complexity index is 5620. The lowest BCUT2D eigenvalue weighted by molar-refractivity contribution is 0.436. The predicted molar refractivity (Wildman–Crippen MR) is 356 cm³/mol. The molecule has 0 radical (unpaired) electrons. The van der Waals surface area contributed by atoms with Crippen molar-refractivity contribution in [2.45, 2.75) is 0 Å². The van der Waals surface area contributed by atoms with Gasteiger partial charge in [0.15, 0.2) is 0 Å². The molecule has 0 saturated heterocycles. The van der Waals surface area contributed by atoms with Crippen molar-refractivity contribution < 1.29 is 9.31 Å². The Hall–Kier alpha value is -11.5. The highest BCUT2D eigenvalue weighted by atomic mass is 16.6. The standard InChI is InChI=1S/C78H46BN5O2/c1-3-19-47(20-4-1)80-68-33-17-11-27-60(68)74-70(80)41-39-58-54-25-9-15-31-66(54)83(77(58)74)49-35-37-56-62-43-51(82-64-29-13-7-23-52(64)53-24-8-14-30-65(53)82)44-63-57-38-36-50(46-73(57)86-79(76(62)63)85-72(56)45-49)84-67-32-16-10-26-55(67)59-40-42-71-75(78(59)84)61-28-12-18-34-69(61)81(71)48-21-5-2-6-22-48/h1-46H. The number of aromatic nitrogens is 5. The van der Waals surface area contributed by atoms with E-state index in [4.69, 9.17) is 9.31 Å². The molecule has 0 amide bonds. The van der Waals surface area contributed by atoms with Crippen LogP contribution in [-0.2, 0) is 0 Å². The fraction of sp³-hybridized carbons (Fsp3) is 0. The average molecular weight is 1100 g/mol. The molecule has 7 heterocycles. The van der Waals surface area contributed by atoms with Crippen molar-refractivity contribution in [3.63, 3.8) is 0 Å². The molecule has 398 valence electrons. The zero-order valence-corrected chi connectivity index (χ0v) is 46.2. The Labute approximate surface area is 492 Å². The molecule has 5 aromatic heterocycles. The normalized spacial score (nSPS) is 12.8. The van der Waals surface area contributed by atoms with E-state index in [0.717, 1.165) is 112 Å². The minimum atomic E-state index is -0.750. The predicted octanol–water partition coefficient (Wildman–Crippen LogP) is 19.0. The maximum Gasteiger partial charge on any atom is 0.633 e. The second-order valence-corrected chi connectivity index (χ2v) is 23.0. The van der Waals surface area contributed by atoms with Gasteiger partial charge in [-0.3, -0.25) is 0 Å². The van der Waals surface area contributed by atoms with Gasteiger partial charge in [0.2, 0.25) is 0 Å². The monoisotopic (exact) mass is 1100 g/mol. The number of rotatable bonds is 5. The van der Waals surface area contributed by atoms with Gasteiger partial charge in [-0.1, -0.05) is 158 Å². The molecule has 0 N–H and O–H groups in total. The van der Waals surface area contributed by atoms with Crippen LogP contribution < -0.4 is 14.8 Å². The lowest BCUT2D eigenvalue weighted by Crippen LogP contribution is -2.49. The first-order chi connectivity index (χ1) is 42.7. The van der Waals surface area contributed by atoms with Gasteiger partial charge in [0.05, 0.1) is 55.2 Å². The van der Waals surface area contributed by atoms with Gasteiger partial charge in [0, 0.05) is 111 Å². The molecule has 0 bridgehead atoms. The SMILES string of the molecule is c1ccc(-n2c3ccccc3c3c2ccc2c4ccccc4n(-c4ccc5c(c4)OB4Oc6cc(-n7c8ccccc8c8ccc9c(c%10ccccc%10n9-c9ccccc9)c87)ccc6-c6cc(-n7c8ccccc8c8ccccc87)cc-5c64)c23)cc1. The zero-order chi connectivity index (χ0) is 55.9. The van der Waals surface area contributed by atoms with Crippen molar-refractivity contribution in [1.29, 1.82) is 0 Å². The molecule has 0 atom stereocenters. The number of nitrogens with zero attached hydrogens (tertiary/aromatic N) is 5. The summed E-state index contributed by atoms with van der Waals surface area (Å²) in [5.41, 5.74) is 22.1. The van der Waals surface area contributed by atoms with Crippen LogP contribution in [0.25, 0.3) is 160 Å². The molecule has 0 aliphatic carbocycles. The Kier molecular flexibility index (Phi) is 9.14. The van der Waals surface area contributed by atoms with Crippen molar-refractivity contribution >= 4 is 122 Å². The van der Waals surface area contributed by atoms with Crippen LogP contribution in [-0.4, -0.2) is 30.0 Å². The quantitative estimate of drug-likeness (QED) is 0.161. The summed E-state index contributed by atoms with van der Waals surface area (Å²) < 4.78 is 27.0. The Morgan fingerprint density at radius 1 is 0.221 bits per heavy atom. The first-order valence-corrected chi connectivity index (χ1v) is 29.5. The van der Waals surface area contributed by atoms with Crippen LogP contribution in [0.4, 0.5) is 0 Å². The van der Waals surface area contributed by atoms with Crippen LogP contribution in [0.15, 0.2) is 279 Å². The fourth-order valence-electron chi connectivity index (χ4n) is 15.2. The Morgan fingerprint density at radius 3 is 0.977 bits per heavy atom. The number of para-hydroxylation sites is 8. The second-order valence-electron chi connectivity index (χ2n) is 23.0. The third-order valence-electron chi connectivity index (χ3n) is 18.7. The van der Waals surface area contributed by atoms with Gasteiger partial charge in [-0.25, -0.2) is 0 Å². The summed E-state index contributed by atoms with van der Waals surface area (Å²) in [5, 5.41) is 12.0. The van der Waals surface area contributed by atoms with E-state index in [1.54, 1.807) is 0 Å². The summed E-state index contributed by atoms with van der Waals surface area (Å²) in [6.45, 7) is 0. The van der Waals surface area contributed by atoms with E-state index >= 15 is 0 Å². The van der Waals surface area contributed by atoms with Crippen molar-refractivity contribution in [2.75, 3.05) is 0 Å². The summed E-state index contributed by atoms with van der Waals surface area (Å²) in [6, 6.07) is 102. The van der Waals surface area contributed by atoms with Crippen LogP contribution in [0, 0.1) is 0 Å². The van der Waals surface area contributed by atoms with Gasteiger partial charge in [0.25, 0.3) is 0 Å². The summed E-state index contributed by atoms with van der Waals surface area (Å²) >= 11 is 0. The van der Waals surface area contributed by atoms with Crippen LogP contribution in [0.1, 0.15) is 0 Å². The lowest BCUT2D eigenvalue weighted by Gasteiger charge is -2.33. The minimum absolute atomic E-state index is 0.750. The third kappa shape index (κ3) is 6.10. The third-order valence-corrected chi connectivity index (χ3v) is 18.7. The molecule has 8 heteroatoms. The van der Waals surface area contributed by atoms with E-state index in [0.29, 0.717) is 0 Å². The van der Waals surface area contributed by atoms with E-state index in [1.165, 1.54) is 64.9 Å². The van der Waals surface area contributed by atoms with Crippen molar-refractivity contribution in [3.8, 4) is 62.2 Å². The lowest BCUT2D eigenvalue weighted by atomic mass is 9.66. The van der Waals surface area contributed by atoms with Gasteiger partial charge in [-0.2, -0.15) is 0 Å². The maximum absolute atomic E-state index is 7.42. The van der Waals surface area contributed by atoms with Gasteiger partial charge in [-0.15, -0.1) is 0 Å². The molecule has 0 spiro atoms. The van der Waals surface area contributed by atoms with E-state index in [2.05, 4.69) is 302 Å². The number of fused-ring (bicyclic) bond motifs is 21. The van der Waals surface area contributed by atoms with Crippen molar-refractivity contribution in [2.24, 2.45) is 0 Å². The minimum Gasteiger partial charge on any atom is -0.521 e. The van der Waals surface area contributed by atoms with Crippen molar-refractivity contribution in [3.05, 3.63) is 279 Å². The molecule has 13 aromatic carbocycles. The molecule has 2 aliphatic rings. The van der Waals surface area contributed by atoms with Gasteiger partial charge < -0.3 is 32.1 Å². The zero-order valence-electron chi connectivity index (χ0n) is 46.2. The maximum atomic E-state index is 7.42. The fourth-order valence-corrected chi connectivity index (χ4v) is 15.2. The molecule has 18 aromatic rings. The summed E-state index contributed by atoms with van der Waals surface area (Å²) in [4.78, 5) is 0. The van der Waals surface area contributed by atoms with Crippen LogP contribution in [0.5, 0.6) is 11.5 Å². The highest BCUT2D eigenvalue weighted by Gasteiger charge is 2.43. The molecule has 0 unspecified atom stereocenters. The Balaban J connectivity index is 0.827. The number of benzene rings is 13. The highest BCUT2D eigenvalue weighted by molar-refractivity contribution is 6.68. The summed E-state index contributed by atoms with van der Waals surface area (Å²) in [5.74, 6) is 1.52. The molecule has 86 heavy (non-hydrogen) atoms. The molecular formula is C78H46BN5O2. The van der Waals surface area contributed by atoms with E-state index in [1.807, 2.05) is 0 Å². The molecule has 0 fully saturated rings. The van der Waals surface area contributed by atoms with Crippen molar-refractivity contribution in [1.82, 2.24) is 22.8 Å². The molecule has 20 rings (SSSR count). The summed E-state index contributed by atoms with van der Waals surface area (Å²) in [7, 11) is -0.750. The second kappa shape index (κ2) is 17.1. The highest BCUT2D eigenvalue weighted by Crippen LogP contribution is 2.49. The van der Waals surface area contributed by atoms with Crippen LogP contribution in [0.3, 0.4) is 0 Å². The largest absolute Gasteiger partial charge is 0.633 e. The van der Waals surface area contributed by atoms with E-state index in [-0.39, 0.29) is 0 Å². The smallest absolute Gasteiger partial charge is 0.521 e. The topological polar surface area (TPSA) is 43.1 Å². The van der Waals surface area contributed by atoms with Gasteiger partial charge >= 0.3 is 7.12 Å². The van der Waals surface area contributed by atoms with Gasteiger partial charge in [0.1, 0.15) is 11.5 Å². The summed E-state index contributed by atoms with van der Waals surface area (Å²) in [6.07, 6.45) is 0. The van der Waals surface area contributed by atoms with E-state index < -0.39 is 7.12 Å². The first-order valence-electron chi connectivity index (χ1n) is 29.5. The average Bonchev–Trinajstić information content (AvgIpc) is 1.58. The van der Waals surface area contributed by atoms with Gasteiger partial charge in [-0.05, 0) is 120 Å². The van der Waals surface area contributed by atoms with E-state index in [9.17, 15) is 0 Å². The van der Waals surface area contributed by atoms with Crippen LogP contribution >= 0.6 is 0 Å². The first kappa shape index (κ1) is 46.1. The molecule has 2 aliphatic heterocycles. The van der Waals surface area contributed by atoms with Crippen LogP contribution in [0.2, 0.25) is 0 Å². The molecular weight excluding hydrogens is 1050 g/mol. The molecule has 0 saturated carbocycles.